The number of hydrogen-bond donors (Lipinski definition) is 1. The largest absolute Gasteiger partial charge is 0.493 e. The molecule has 2 N–H and O–H groups in total. The fourth-order valence-electron chi connectivity index (χ4n) is 3.01. The van der Waals surface area contributed by atoms with Crippen LogP contribution in [0.3, 0.4) is 0 Å². The molecule has 1 unspecified atom stereocenters. The molecule has 18 heavy (non-hydrogen) atoms. The van der Waals surface area contributed by atoms with E-state index in [0.29, 0.717) is 12.5 Å². The highest BCUT2D eigenvalue weighted by atomic mass is 79.9. The first-order valence-electron chi connectivity index (χ1n) is 6.60. The van der Waals surface area contributed by atoms with Crippen molar-refractivity contribution in [3.8, 4) is 11.5 Å². The zero-order valence-electron chi connectivity index (χ0n) is 10.6. The Balaban J connectivity index is 2.24. The lowest BCUT2D eigenvalue weighted by Gasteiger charge is -2.21. The van der Waals surface area contributed by atoms with Crippen LogP contribution in [0.5, 0.6) is 11.5 Å². The van der Waals surface area contributed by atoms with Gasteiger partial charge in [0.05, 0.1) is 17.7 Å². The smallest absolute Gasteiger partial charge is 0.137 e. The lowest BCUT2D eigenvalue weighted by molar-refractivity contribution is 0.350. The highest BCUT2D eigenvalue weighted by molar-refractivity contribution is 9.10. The number of benzene rings is 1. The van der Waals surface area contributed by atoms with Gasteiger partial charge in [0, 0.05) is 29.5 Å². The Morgan fingerprint density at radius 1 is 1.17 bits per heavy atom. The van der Waals surface area contributed by atoms with Gasteiger partial charge in [-0.2, -0.15) is 0 Å². The van der Waals surface area contributed by atoms with Gasteiger partial charge >= 0.3 is 0 Å². The monoisotopic (exact) mass is 311 g/mol. The molecule has 0 aromatic heterocycles. The Morgan fingerprint density at radius 2 is 1.83 bits per heavy atom. The van der Waals surface area contributed by atoms with E-state index in [2.05, 4.69) is 22.9 Å². The van der Waals surface area contributed by atoms with E-state index in [1.807, 2.05) is 0 Å². The van der Waals surface area contributed by atoms with Crippen molar-refractivity contribution in [1.82, 2.24) is 0 Å². The summed E-state index contributed by atoms with van der Waals surface area (Å²) in [6.07, 6.45) is 2.97. The molecular formula is C14H18BrNO2. The van der Waals surface area contributed by atoms with E-state index in [1.54, 1.807) is 0 Å². The van der Waals surface area contributed by atoms with Crippen LogP contribution in [0.25, 0.3) is 0 Å². The highest BCUT2D eigenvalue weighted by Crippen LogP contribution is 2.49. The molecule has 3 rings (SSSR count). The van der Waals surface area contributed by atoms with Crippen molar-refractivity contribution in [1.29, 1.82) is 0 Å². The molecule has 1 atom stereocenters. The first-order valence-corrected chi connectivity index (χ1v) is 7.40. The molecule has 0 amide bonds. The van der Waals surface area contributed by atoms with Gasteiger partial charge in [0.25, 0.3) is 0 Å². The summed E-state index contributed by atoms with van der Waals surface area (Å²) in [5, 5.41) is 0. The molecule has 0 saturated carbocycles. The Bertz CT molecular complexity index is 448. The standard InChI is InChI=1S/C14H18BrNO2/c1-2-8(7-16)11-9-3-5-18-14(9)12(15)10-4-6-17-13(10)11/h8H,2-7,16H2,1H3. The first-order chi connectivity index (χ1) is 8.77. The third-order valence-electron chi connectivity index (χ3n) is 3.96. The first kappa shape index (κ1) is 12.3. The van der Waals surface area contributed by atoms with Crippen molar-refractivity contribution in [3.63, 3.8) is 0 Å². The van der Waals surface area contributed by atoms with Crippen molar-refractivity contribution in [3.05, 3.63) is 21.2 Å². The maximum atomic E-state index is 5.93. The molecule has 0 radical (unpaired) electrons. The number of ether oxygens (including phenoxy) is 2. The topological polar surface area (TPSA) is 44.5 Å². The summed E-state index contributed by atoms with van der Waals surface area (Å²) in [7, 11) is 0. The van der Waals surface area contributed by atoms with Crippen molar-refractivity contribution >= 4 is 15.9 Å². The normalized spacial score (nSPS) is 17.9. The molecule has 0 bridgehead atoms. The van der Waals surface area contributed by atoms with E-state index < -0.39 is 0 Å². The van der Waals surface area contributed by atoms with Crippen LogP contribution < -0.4 is 15.2 Å². The van der Waals surface area contributed by atoms with E-state index in [4.69, 9.17) is 15.2 Å². The fraction of sp³-hybridized carbons (Fsp3) is 0.571. The quantitative estimate of drug-likeness (QED) is 0.933. The van der Waals surface area contributed by atoms with Crippen LogP contribution in [0, 0.1) is 0 Å². The van der Waals surface area contributed by atoms with E-state index in [9.17, 15) is 0 Å². The van der Waals surface area contributed by atoms with E-state index in [1.165, 1.54) is 16.7 Å². The number of halogens is 1. The molecule has 1 aromatic rings. The van der Waals surface area contributed by atoms with E-state index in [0.717, 1.165) is 48.4 Å². The molecule has 98 valence electrons. The molecular weight excluding hydrogens is 294 g/mol. The number of rotatable bonds is 3. The lowest BCUT2D eigenvalue weighted by atomic mass is 9.88. The molecule has 2 aliphatic rings. The minimum Gasteiger partial charge on any atom is -0.493 e. The van der Waals surface area contributed by atoms with E-state index >= 15 is 0 Å². The molecule has 3 nitrogen and oxygen atoms in total. The highest BCUT2D eigenvalue weighted by Gasteiger charge is 2.32. The summed E-state index contributed by atoms with van der Waals surface area (Å²) in [6, 6.07) is 0. The molecule has 0 spiro atoms. The second-order valence-electron chi connectivity index (χ2n) is 4.88. The minimum atomic E-state index is 0.375. The zero-order chi connectivity index (χ0) is 12.7. The van der Waals surface area contributed by atoms with Gasteiger partial charge in [-0.15, -0.1) is 0 Å². The van der Waals surface area contributed by atoms with Gasteiger partial charge in [0.15, 0.2) is 0 Å². The maximum Gasteiger partial charge on any atom is 0.137 e. The van der Waals surface area contributed by atoms with Gasteiger partial charge in [-0.05, 0) is 34.8 Å². The van der Waals surface area contributed by atoms with Crippen LogP contribution in [0.15, 0.2) is 4.47 Å². The van der Waals surface area contributed by atoms with Gasteiger partial charge < -0.3 is 15.2 Å². The van der Waals surface area contributed by atoms with Gasteiger partial charge in [0.1, 0.15) is 11.5 Å². The second kappa shape index (κ2) is 4.74. The zero-order valence-corrected chi connectivity index (χ0v) is 12.2. The minimum absolute atomic E-state index is 0.375. The summed E-state index contributed by atoms with van der Waals surface area (Å²) in [5.41, 5.74) is 9.81. The Hall–Kier alpha value is -0.740. The predicted molar refractivity (Wildman–Crippen MR) is 74.6 cm³/mol. The van der Waals surface area contributed by atoms with Crippen LogP contribution in [0.2, 0.25) is 0 Å². The number of hydrogen-bond acceptors (Lipinski definition) is 3. The summed E-state index contributed by atoms with van der Waals surface area (Å²) in [6.45, 7) is 4.39. The predicted octanol–water partition coefficient (Wildman–Crippen LogP) is 2.77. The summed E-state index contributed by atoms with van der Waals surface area (Å²) in [4.78, 5) is 0. The van der Waals surface area contributed by atoms with Gasteiger partial charge in [-0.25, -0.2) is 0 Å². The number of fused-ring (bicyclic) bond motifs is 2. The lowest BCUT2D eigenvalue weighted by Crippen LogP contribution is -2.14. The van der Waals surface area contributed by atoms with E-state index in [-0.39, 0.29) is 0 Å². The van der Waals surface area contributed by atoms with Crippen LogP contribution in [-0.2, 0) is 12.8 Å². The average Bonchev–Trinajstić information content (AvgIpc) is 3.03. The van der Waals surface area contributed by atoms with Gasteiger partial charge in [0.2, 0.25) is 0 Å². The Labute approximate surface area is 116 Å². The SMILES string of the molecule is CCC(CN)c1c2c(c(Br)c3c1OCC3)OCC2. The maximum absolute atomic E-state index is 5.93. The molecule has 0 aliphatic carbocycles. The Morgan fingerprint density at radius 3 is 2.50 bits per heavy atom. The third-order valence-corrected chi connectivity index (χ3v) is 4.80. The fourth-order valence-corrected chi connectivity index (χ4v) is 3.74. The molecule has 2 heterocycles. The molecule has 0 fully saturated rings. The van der Waals surface area contributed by atoms with Crippen LogP contribution >= 0.6 is 15.9 Å². The number of nitrogens with two attached hydrogens (primary N) is 1. The van der Waals surface area contributed by atoms with Crippen LogP contribution in [-0.4, -0.2) is 19.8 Å². The van der Waals surface area contributed by atoms with Crippen molar-refractivity contribution in [2.45, 2.75) is 32.1 Å². The van der Waals surface area contributed by atoms with Crippen molar-refractivity contribution in [2.75, 3.05) is 19.8 Å². The van der Waals surface area contributed by atoms with Crippen LogP contribution in [0.4, 0.5) is 0 Å². The molecule has 2 aliphatic heterocycles. The summed E-state index contributed by atoms with van der Waals surface area (Å²) in [5.74, 6) is 2.48. The molecule has 4 heteroatoms. The van der Waals surface area contributed by atoms with Gasteiger partial charge in [-0.3, -0.25) is 0 Å². The van der Waals surface area contributed by atoms with Crippen molar-refractivity contribution < 1.29 is 9.47 Å². The third kappa shape index (κ3) is 1.66. The van der Waals surface area contributed by atoms with Gasteiger partial charge in [-0.1, -0.05) is 6.92 Å². The summed E-state index contributed by atoms with van der Waals surface area (Å²) < 4.78 is 12.8. The second-order valence-corrected chi connectivity index (χ2v) is 5.67. The molecule has 0 saturated heterocycles. The van der Waals surface area contributed by atoms with Crippen molar-refractivity contribution in [2.24, 2.45) is 5.73 Å². The summed E-state index contributed by atoms with van der Waals surface area (Å²) >= 11 is 3.67. The molecule has 1 aromatic carbocycles. The average molecular weight is 312 g/mol. The Kier molecular flexibility index (Phi) is 3.24. The van der Waals surface area contributed by atoms with Crippen LogP contribution in [0.1, 0.15) is 36.0 Å².